The molecule has 0 unspecified atom stereocenters. The average Bonchev–Trinajstić information content (AvgIpc) is 1.46. The molecule has 0 aromatic rings. The number of hydrogen-bond donors (Lipinski definition) is 0. The molecule has 0 saturated carbocycles. The zero-order valence-corrected chi connectivity index (χ0v) is 9.56. The van der Waals surface area contributed by atoms with E-state index in [4.69, 9.17) is 0 Å². The third kappa shape index (κ3) is 21.9. The summed E-state index contributed by atoms with van der Waals surface area (Å²) >= 11 is 10.5. The molecule has 0 nitrogen and oxygen atoms in total. The SMILES string of the molecule is BrCBr.[Br][Zr]. The fourth-order valence-corrected chi connectivity index (χ4v) is 0. The van der Waals surface area contributed by atoms with Gasteiger partial charge in [0, 0.05) is 0 Å². The monoisotopic (exact) mass is 341 g/mol. The summed E-state index contributed by atoms with van der Waals surface area (Å²) < 4.78 is 0.875. The van der Waals surface area contributed by atoms with Crippen molar-refractivity contribution in [1.29, 1.82) is 0 Å². The molecule has 0 rings (SSSR count). The Balaban J connectivity index is 0. The molecule has 0 N–H and O–H groups in total. The van der Waals surface area contributed by atoms with Crippen molar-refractivity contribution in [3.63, 3.8) is 0 Å². The molecule has 0 radical (unpaired) electrons. The van der Waals surface area contributed by atoms with Crippen molar-refractivity contribution in [3.8, 4) is 0 Å². The maximum atomic E-state index is 3.06. The van der Waals surface area contributed by atoms with E-state index in [1.54, 1.807) is 0 Å². The van der Waals surface area contributed by atoms with Gasteiger partial charge in [-0.1, -0.05) is 31.9 Å². The van der Waals surface area contributed by atoms with Gasteiger partial charge in [0.25, 0.3) is 0 Å². The average molecular weight is 345 g/mol. The van der Waals surface area contributed by atoms with Crippen molar-refractivity contribution in [2.24, 2.45) is 0 Å². The number of halogens is 3. The predicted molar refractivity (Wildman–Crippen MR) is 31.6 cm³/mol. The Morgan fingerprint density at radius 3 is 1.20 bits per heavy atom. The van der Waals surface area contributed by atoms with E-state index in [0.29, 0.717) is 0 Å². The predicted octanol–water partition coefficient (Wildman–Crippen LogP) is 2.58. The Morgan fingerprint density at radius 2 is 1.20 bits per heavy atom. The van der Waals surface area contributed by atoms with Crippen LogP contribution < -0.4 is 0 Å². The Kier molecular flexibility index (Phi) is 33.5. The van der Waals surface area contributed by atoms with Crippen LogP contribution in [0, 0.1) is 0 Å². The van der Waals surface area contributed by atoms with E-state index in [1.807, 2.05) is 0 Å². The summed E-state index contributed by atoms with van der Waals surface area (Å²) in [6.45, 7) is 0. The molecular formula is CH2Br3Zr. The summed E-state index contributed by atoms with van der Waals surface area (Å²) in [4.78, 5) is 0. The first-order valence-corrected chi connectivity index (χ1v) is 8.59. The van der Waals surface area contributed by atoms with Crippen LogP contribution in [0.15, 0.2) is 0 Å². The molecular weight excluding hydrogens is 343 g/mol. The third-order valence-electron chi connectivity index (χ3n) is 0. The molecule has 0 aromatic heterocycles. The summed E-state index contributed by atoms with van der Waals surface area (Å²) in [5.74, 6) is 0. The van der Waals surface area contributed by atoms with Gasteiger partial charge in [0.1, 0.15) is 0 Å². The first kappa shape index (κ1) is 10.3. The molecule has 0 aliphatic carbocycles. The quantitative estimate of drug-likeness (QED) is 0.592. The minimum atomic E-state index is 0.875. The number of alkyl halides is 2. The topological polar surface area (TPSA) is 0 Å². The standard InChI is InChI=1S/CH2Br2.BrH.Zr/c2-1-3;;/h1H2;1H;/q;;+1/p-1. The fourth-order valence-electron chi connectivity index (χ4n) is 0. The van der Waals surface area contributed by atoms with E-state index in [9.17, 15) is 0 Å². The van der Waals surface area contributed by atoms with Crippen molar-refractivity contribution in [2.45, 2.75) is 0 Å². The molecule has 0 spiro atoms. The molecule has 0 aromatic carbocycles. The van der Waals surface area contributed by atoms with Gasteiger partial charge in [-0.05, 0) is 0 Å². The molecule has 0 amide bonds. The van der Waals surface area contributed by atoms with Crippen LogP contribution in [0.3, 0.4) is 0 Å². The van der Waals surface area contributed by atoms with E-state index in [0.717, 1.165) is 4.24 Å². The van der Waals surface area contributed by atoms with Gasteiger partial charge in [-0.25, -0.2) is 0 Å². The molecule has 0 aliphatic heterocycles. The van der Waals surface area contributed by atoms with Crippen molar-refractivity contribution >= 4 is 44.1 Å². The second-order valence-corrected chi connectivity index (χ2v) is 2.73. The van der Waals surface area contributed by atoms with Gasteiger partial charge in [-0.15, -0.1) is 0 Å². The van der Waals surface area contributed by atoms with Gasteiger partial charge in [0.05, 0.1) is 4.24 Å². The molecule has 0 fully saturated rings. The summed E-state index contributed by atoms with van der Waals surface area (Å²) in [7, 11) is 0. The van der Waals surface area contributed by atoms with Crippen LogP contribution in [-0.4, -0.2) is 4.24 Å². The fraction of sp³-hybridized carbons (Fsp3) is 1.00. The summed E-state index contributed by atoms with van der Waals surface area (Å²) in [6.07, 6.45) is 0. The number of rotatable bonds is 0. The van der Waals surface area contributed by atoms with Crippen LogP contribution in [0.25, 0.3) is 0 Å². The van der Waals surface area contributed by atoms with Gasteiger partial charge in [-0.3, -0.25) is 0 Å². The first-order chi connectivity index (χ1) is 2.41. The second kappa shape index (κ2) is 16.2. The summed E-state index contributed by atoms with van der Waals surface area (Å²) in [6, 6.07) is 0. The Morgan fingerprint density at radius 1 is 1.20 bits per heavy atom. The van der Waals surface area contributed by atoms with Crippen LogP contribution in [0.5, 0.6) is 0 Å². The van der Waals surface area contributed by atoms with E-state index < -0.39 is 0 Å². The second-order valence-electron chi connectivity index (χ2n) is 0.101. The Labute approximate surface area is 69.6 Å². The molecule has 31 valence electrons. The molecule has 0 atom stereocenters. The van der Waals surface area contributed by atoms with Crippen LogP contribution in [0.2, 0.25) is 0 Å². The minimum absolute atomic E-state index is 0.875. The van der Waals surface area contributed by atoms with Crippen LogP contribution >= 0.6 is 44.1 Å². The van der Waals surface area contributed by atoms with E-state index in [2.05, 4.69) is 44.1 Å². The zero-order chi connectivity index (χ0) is 4.71. The molecule has 0 aliphatic rings. The third-order valence-corrected chi connectivity index (χ3v) is 0. The molecule has 5 heavy (non-hydrogen) atoms. The van der Waals surface area contributed by atoms with Crippen molar-refractivity contribution < 1.29 is 22.4 Å². The normalized spacial score (nSPS) is 4.40. The molecule has 0 saturated heterocycles. The van der Waals surface area contributed by atoms with Gasteiger partial charge in [0.15, 0.2) is 0 Å². The van der Waals surface area contributed by atoms with Gasteiger partial charge >= 0.3 is 34.6 Å². The molecule has 0 heterocycles. The van der Waals surface area contributed by atoms with Crippen LogP contribution in [0.1, 0.15) is 0 Å². The van der Waals surface area contributed by atoms with Crippen molar-refractivity contribution in [3.05, 3.63) is 0 Å². The first-order valence-electron chi connectivity index (χ1n) is 0.724. The van der Waals surface area contributed by atoms with E-state index in [-0.39, 0.29) is 0 Å². The van der Waals surface area contributed by atoms with Gasteiger partial charge < -0.3 is 0 Å². The van der Waals surface area contributed by atoms with E-state index >= 15 is 0 Å². The van der Waals surface area contributed by atoms with Crippen molar-refractivity contribution in [1.82, 2.24) is 0 Å². The van der Waals surface area contributed by atoms with Gasteiger partial charge in [-0.2, -0.15) is 0 Å². The number of hydrogen-bond acceptors (Lipinski definition) is 0. The van der Waals surface area contributed by atoms with Crippen LogP contribution in [0.4, 0.5) is 0 Å². The molecule has 0 bridgehead atoms. The Bertz CT molecular complexity index is 6.85. The van der Waals surface area contributed by atoms with Crippen LogP contribution in [-0.2, 0) is 22.4 Å². The van der Waals surface area contributed by atoms with E-state index in [1.165, 1.54) is 22.4 Å². The molecule has 4 heteroatoms. The van der Waals surface area contributed by atoms with Gasteiger partial charge in [0.2, 0.25) is 0 Å². The maximum absolute atomic E-state index is 3.06. The zero-order valence-electron chi connectivity index (χ0n) is 2.34. The summed E-state index contributed by atoms with van der Waals surface area (Å²) in [5.41, 5.74) is 0. The Hall–Kier alpha value is 2.32. The summed E-state index contributed by atoms with van der Waals surface area (Å²) in [5, 5.41) is 0. The van der Waals surface area contributed by atoms with Crippen molar-refractivity contribution in [2.75, 3.05) is 4.24 Å².